The van der Waals surface area contributed by atoms with Gasteiger partial charge in [-0.1, -0.05) is 26.2 Å². The van der Waals surface area contributed by atoms with Gasteiger partial charge in [0.15, 0.2) is 0 Å². The monoisotopic (exact) mass is 135 g/mol. The standard InChI is InChI=1S/C7H13F2/c1-2-3-4-5-7(9)6-8/h7H,1-6H2/t7-/m0/s1. The molecule has 0 unspecified atom stereocenters. The number of hydrogen-bond donors (Lipinski definition) is 0. The second-order valence-corrected chi connectivity index (χ2v) is 2.10. The van der Waals surface area contributed by atoms with Gasteiger partial charge in [-0.3, -0.25) is 0 Å². The van der Waals surface area contributed by atoms with Gasteiger partial charge in [-0.15, -0.1) is 0 Å². The molecule has 0 nitrogen and oxygen atoms in total. The molecule has 0 amide bonds. The zero-order valence-electron chi connectivity index (χ0n) is 5.58. The Morgan fingerprint density at radius 3 is 2.44 bits per heavy atom. The lowest BCUT2D eigenvalue weighted by molar-refractivity contribution is 0.242. The molecule has 2 heteroatoms. The number of rotatable bonds is 5. The average Bonchev–Trinajstić information content (AvgIpc) is 1.89. The van der Waals surface area contributed by atoms with E-state index in [4.69, 9.17) is 0 Å². The van der Waals surface area contributed by atoms with E-state index >= 15 is 0 Å². The Balaban J connectivity index is 2.88. The Labute approximate surface area is 55.3 Å². The van der Waals surface area contributed by atoms with Crippen molar-refractivity contribution >= 4 is 0 Å². The number of halogens is 2. The Kier molecular flexibility index (Phi) is 5.89. The summed E-state index contributed by atoms with van der Waals surface area (Å²) in [7, 11) is 0. The van der Waals surface area contributed by atoms with Crippen molar-refractivity contribution in [1.29, 1.82) is 0 Å². The molecule has 0 aromatic heterocycles. The summed E-state index contributed by atoms with van der Waals surface area (Å²) < 4.78 is 23.5. The molecule has 0 aliphatic heterocycles. The quantitative estimate of drug-likeness (QED) is 0.508. The van der Waals surface area contributed by atoms with Crippen molar-refractivity contribution in [3.05, 3.63) is 6.92 Å². The second kappa shape index (κ2) is 5.99. The minimum absolute atomic E-state index is 0.353. The van der Waals surface area contributed by atoms with Crippen LogP contribution in [0.1, 0.15) is 25.7 Å². The van der Waals surface area contributed by atoms with E-state index in [-0.39, 0.29) is 0 Å². The molecule has 0 rings (SSSR count). The van der Waals surface area contributed by atoms with Crippen molar-refractivity contribution in [1.82, 2.24) is 0 Å². The van der Waals surface area contributed by atoms with Crippen LogP contribution in [0.2, 0.25) is 0 Å². The lowest BCUT2D eigenvalue weighted by Crippen LogP contribution is -2.01. The molecule has 0 saturated carbocycles. The lowest BCUT2D eigenvalue weighted by atomic mass is 10.1. The summed E-state index contributed by atoms with van der Waals surface area (Å²) in [6.07, 6.45) is 1.59. The third-order valence-corrected chi connectivity index (χ3v) is 1.18. The van der Waals surface area contributed by atoms with Gasteiger partial charge >= 0.3 is 0 Å². The molecule has 0 N–H and O–H groups in total. The fraction of sp³-hybridized carbons (Fsp3) is 0.857. The summed E-state index contributed by atoms with van der Waals surface area (Å²) in [5, 5.41) is 0. The van der Waals surface area contributed by atoms with Crippen LogP contribution in [-0.4, -0.2) is 12.8 Å². The van der Waals surface area contributed by atoms with E-state index in [1.165, 1.54) is 0 Å². The highest BCUT2D eigenvalue weighted by atomic mass is 19.2. The number of hydrogen-bond acceptors (Lipinski definition) is 0. The van der Waals surface area contributed by atoms with Crippen molar-refractivity contribution in [3.63, 3.8) is 0 Å². The molecule has 9 heavy (non-hydrogen) atoms. The fourth-order valence-corrected chi connectivity index (χ4v) is 0.620. The van der Waals surface area contributed by atoms with E-state index in [0.29, 0.717) is 6.42 Å². The first-order chi connectivity index (χ1) is 4.31. The van der Waals surface area contributed by atoms with Crippen molar-refractivity contribution in [2.24, 2.45) is 0 Å². The lowest BCUT2D eigenvalue weighted by Gasteiger charge is -2.00. The first-order valence-corrected chi connectivity index (χ1v) is 3.30. The molecule has 1 radical (unpaired) electrons. The van der Waals surface area contributed by atoms with Crippen LogP contribution < -0.4 is 0 Å². The molecule has 0 aromatic carbocycles. The van der Waals surface area contributed by atoms with Gasteiger partial charge < -0.3 is 0 Å². The molecule has 0 bridgehead atoms. The van der Waals surface area contributed by atoms with Gasteiger partial charge in [0.25, 0.3) is 0 Å². The maximum Gasteiger partial charge on any atom is 0.128 e. The third kappa shape index (κ3) is 5.74. The van der Waals surface area contributed by atoms with Crippen LogP contribution in [0.5, 0.6) is 0 Å². The van der Waals surface area contributed by atoms with E-state index in [0.717, 1.165) is 19.3 Å². The Morgan fingerprint density at radius 1 is 1.33 bits per heavy atom. The van der Waals surface area contributed by atoms with Crippen molar-refractivity contribution in [2.45, 2.75) is 31.9 Å². The van der Waals surface area contributed by atoms with Gasteiger partial charge in [0, 0.05) is 0 Å². The normalized spacial score (nSPS) is 13.7. The van der Waals surface area contributed by atoms with Crippen LogP contribution in [-0.2, 0) is 0 Å². The van der Waals surface area contributed by atoms with Crippen molar-refractivity contribution in [3.8, 4) is 0 Å². The van der Waals surface area contributed by atoms with E-state index in [9.17, 15) is 8.78 Å². The molecule has 0 fully saturated rings. The smallest absolute Gasteiger partial charge is 0.128 e. The van der Waals surface area contributed by atoms with E-state index in [1.54, 1.807) is 0 Å². The molecule has 0 heterocycles. The first-order valence-electron chi connectivity index (χ1n) is 3.30. The fourth-order valence-electron chi connectivity index (χ4n) is 0.620. The zero-order valence-corrected chi connectivity index (χ0v) is 5.58. The van der Waals surface area contributed by atoms with E-state index in [1.807, 2.05) is 0 Å². The topological polar surface area (TPSA) is 0 Å². The molecule has 0 aliphatic rings. The SMILES string of the molecule is [CH2]CCCC[C@H](F)CF. The maximum atomic E-state index is 12.1. The van der Waals surface area contributed by atoms with Gasteiger partial charge in [0.05, 0.1) is 0 Å². The summed E-state index contributed by atoms with van der Waals surface area (Å²) in [6.45, 7) is 2.76. The first kappa shape index (κ1) is 8.86. The molecule has 0 aliphatic carbocycles. The maximum absolute atomic E-state index is 12.1. The molecule has 0 spiro atoms. The summed E-state index contributed by atoms with van der Waals surface area (Å²) in [4.78, 5) is 0. The summed E-state index contributed by atoms with van der Waals surface area (Å²) in [6, 6.07) is 0. The van der Waals surface area contributed by atoms with Crippen LogP contribution >= 0.6 is 0 Å². The zero-order chi connectivity index (χ0) is 7.11. The summed E-state index contributed by atoms with van der Waals surface area (Å²) in [5.41, 5.74) is 0. The Bertz CT molecular complexity index is 54.9. The van der Waals surface area contributed by atoms with Gasteiger partial charge in [-0.05, 0) is 6.42 Å². The van der Waals surface area contributed by atoms with Crippen LogP contribution in [0.4, 0.5) is 8.78 Å². The molecule has 1 atom stereocenters. The van der Waals surface area contributed by atoms with Crippen LogP contribution in [0.15, 0.2) is 0 Å². The van der Waals surface area contributed by atoms with Crippen LogP contribution in [0.25, 0.3) is 0 Å². The second-order valence-electron chi connectivity index (χ2n) is 2.10. The Hall–Kier alpha value is -0.140. The minimum Gasteiger partial charge on any atom is -0.248 e. The highest BCUT2D eigenvalue weighted by Crippen LogP contribution is 2.06. The summed E-state index contributed by atoms with van der Waals surface area (Å²) in [5.74, 6) is 0. The molecule has 0 saturated heterocycles. The summed E-state index contributed by atoms with van der Waals surface area (Å²) >= 11 is 0. The van der Waals surface area contributed by atoms with Crippen molar-refractivity contribution < 1.29 is 8.78 Å². The number of unbranched alkanes of at least 4 members (excludes halogenated alkanes) is 2. The van der Waals surface area contributed by atoms with Gasteiger partial charge in [-0.25, -0.2) is 8.78 Å². The minimum atomic E-state index is -1.24. The molecule has 55 valence electrons. The average molecular weight is 135 g/mol. The third-order valence-electron chi connectivity index (χ3n) is 1.18. The van der Waals surface area contributed by atoms with Crippen LogP contribution in [0.3, 0.4) is 0 Å². The van der Waals surface area contributed by atoms with Crippen LogP contribution in [0, 0.1) is 6.92 Å². The van der Waals surface area contributed by atoms with Gasteiger partial charge in [0.2, 0.25) is 0 Å². The Morgan fingerprint density at radius 2 is 2.00 bits per heavy atom. The predicted molar refractivity (Wildman–Crippen MR) is 34.7 cm³/mol. The van der Waals surface area contributed by atoms with E-state index in [2.05, 4.69) is 6.92 Å². The molecule has 0 aromatic rings. The van der Waals surface area contributed by atoms with Crippen molar-refractivity contribution in [2.75, 3.05) is 6.67 Å². The number of alkyl halides is 2. The largest absolute Gasteiger partial charge is 0.248 e. The highest BCUT2D eigenvalue weighted by Gasteiger charge is 2.02. The molecular weight excluding hydrogens is 122 g/mol. The van der Waals surface area contributed by atoms with E-state index < -0.39 is 12.8 Å². The van der Waals surface area contributed by atoms with Gasteiger partial charge in [0.1, 0.15) is 12.8 Å². The van der Waals surface area contributed by atoms with Gasteiger partial charge in [-0.2, -0.15) is 0 Å². The highest BCUT2D eigenvalue weighted by molar-refractivity contribution is 4.53. The predicted octanol–water partition coefficient (Wildman–Crippen LogP) is 2.69. The molecular formula is C7H13F2.